The van der Waals surface area contributed by atoms with Crippen molar-refractivity contribution < 1.29 is 0 Å². The summed E-state index contributed by atoms with van der Waals surface area (Å²) < 4.78 is 1.56. The summed E-state index contributed by atoms with van der Waals surface area (Å²) in [6, 6.07) is 1.81. The molecule has 0 bridgehead atoms. The third-order valence-corrected chi connectivity index (χ3v) is 3.39. The van der Waals surface area contributed by atoms with Crippen molar-refractivity contribution in [2.45, 2.75) is 6.42 Å². The largest absolute Gasteiger partial charge is 0.368 e. The molecular weight excluding hydrogens is 256 g/mol. The molecule has 3 heterocycles. The lowest BCUT2D eigenvalue weighted by Gasteiger charge is -2.12. The monoisotopic (exact) mass is 274 g/mol. The second-order valence-corrected chi connectivity index (χ2v) is 5.07. The molecule has 0 radical (unpaired) electrons. The molecule has 1 atom stereocenters. The van der Waals surface area contributed by atoms with Gasteiger partial charge in [-0.1, -0.05) is 0 Å². The molecule has 0 aliphatic carbocycles. The van der Waals surface area contributed by atoms with E-state index in [1.165, 1.54) is 6.42 Å². The molecule has 2 aromatic rings. The summed E-state index contributed by atoms with van der Waals surface area (Å²) in [5, 5.41) is 7.33. The first-order chi connectivity index (χ1) is 9.70. The molecule has 1 saturated heterocycles. The van der Waals surface area contributed by atoms with Gasteiger partial charge in [0.05, 0.1) is 0 Å². The van der Waals surface area contributed by atoms with Crippen molar-refractivity contribution >= 4 is 11.9 Å². The van der Waals surface area contributed by atoms with Gasteiger partial charge < -0.3 is 16.0 Å². The Morgan fingerprint density at radius 1 is 1.40 bits per heavy atom. The topological polar surface area (TPSA) is 97.8 Å². The van der Waals surface area contributed by atoms with Crippen molar-refractivity contribution in [2.75, 3.05) is 37.7 Å². The van der Waals surface area contributed by atoms with Crippen LogP contribution in [0.3, 0.4) is 0 Å². The lowest BCUT2D eigenvalue weighted by molar-refractivity contribution is 0.399. The van der Waals surface area contributed by atoms with E-state index in [9.17, 15) is 0 Å². The van der Waals surface area contributed by atoms with E-state index in [0.29, 0.717) is 17.8 Å². The van der Waals surface area contributed by atoms with E-state index in [1.807, 2.05) is 0 Å². The molecule has 1 aliphatic rings. The van der Waals surface area contributed by atoms with Crippen molar-refractivity contribution in [1.29, 1.82) is 0 Å². The van der Waals surface area contributed by atoms with Crippen molar-refractivity contribution in [1.82, 2.24) is 29.6 Å². The molecule has 0 saturated carbocycles. The fraction of sp³-hybridized carbons (Fsp3) is 0.500. The summed E-state index contributed by atoms with van der Waals surface area (Å²) >= 11 is 0. The van der Waals surface area contributed by atoms with Gasteiger partial charge in [-0.15, -0.1) is 0 Å². The van der Waals surface area contributed by atoms with E-state index in [-0.39, 0.29) is 5.95 Å². The molecule has 20 heavy (non-hydrogen) atoms. The number of hydrogen-bond donors (Lipinski definition) is 2. The maximum absolute atomic E-state index is 5.72. The summed E-state index contributed by atoms with van der Waals surface area (Å²) in [6.07, 6.45) is 4.63. The minimum Gasteiger partial charge on any atom is -0.368 e. The van der Waals surface area contributed by atoms with Crippen LogP contribution in [0.4, 0.5) is 11.9 Å². The molecule has 8 heteroatoms. The fourth-order valence-electron chi connectivity index (χ4n) is 2.38. The Morgan fingerprint density at radius 2 is 2.30 bits per heavy atom. The molecule has 0 amide bonds. The lowest BCUT2D eigenvalue weighted by Crippen LogP contribution is -2.20. The van der Waals surface area contributed by atoms with Crippen molar-refractivity contribution in [2.24, 2.45) is 5.92 Å². The average Bonchev–Trinajstić information content (AvgIpc) is 3.07. The Bertz CT molecular complexity index is 567. The van der Waals surface area contributed by atoms with Gasteiger partial charge in [0, 0.05) is 25.5 Å². The van der Waals surface area contributed by atoms with Gasteiger partial charge in [0.1, 0.15) is 0 Å². The van der Waals surface area contributed by atoms with Crippen LogP contribution >= 0.6 is 0 Å². The zero-order chi connectivity index (χ0) is 13.9. The van der Waals surface area contributed by atoms with Gasteiger partial charge in [-0.3, -0.25) is 0 Å². The van der Waals surface area contributed by atoms with Gasteiger partial charge in [0.2, 0.25) is 11.9 Å². The van der Waals surface area contributed by atoms with Gasteiger partial charge in [-0.2, -0.15) is 20.1 Å². The molecule has 8 nitrogen and oxygen atoms in total. The number of anilines is 2. The Hall–Kier alpha value is -2.22. The summed E-state index contributed by atoms with van der Waals surface area (Å²) in [5.41, 5.74) is 5.72. The van der Waals surface area contributed by atoms with Crippen LogP contribution in [-0.4, -0.2) is 56.3 Å². The standard InChI is InChI=1S/C12H18N8/c1-19-6-3-9(8-19)7-14-11-16-10(13)17-12(18-11)20-5-2-4-15-20/h2,4-5,9H,3,6-8H2,1H3,(H3,13,14,16,17,18). The number of aromatic nitrogens is 5. The lowest BCUT2D eigenvalue weighted by atomic mass is 10.1. The quantitative estimate of drug-likeness (QED) is 0.810. The highest BCUT2D eigenvalue weighted by Crippen LogP contribution is 2.15. The zero-order valence-electron chi connectivity index (χ0n) is 11.4. The first kappa shape index (κ1) is 12.8. The van der Waals surface area contributed by atoms with Gasteiger partial charge in [0.25, 0.3) is 5.95 Å². The highest BCUT2D eigenvalue weighted by atomic mass is 15.4. The SMILES string of the molecule is CN1CCC(CNc2nc(N)nc(-n3cccn3)n2)C1. The van der Waals surface area contributed by atoms with E-state index in [0.717, 1.165) is 19.6 Å². The first-order valence-electron chi connectivity index (χ1n) is 6.64. The van der Waals surface area contributed by atoms with Crippen LogP contribution in [0, 0.1) is 5.92 Å². The minimum absolute atomic E-state index is 0.191. The minimum atomic E-state index is 0.191. The fourth-order valence-corrected chi connectivity index (χ4v) is 2.38. The normalized spacial score (nSPS) is 19.4. The van der Waals surface area contributed by atoms with Crippen LogP contribution in [0.15, 0.2) is 18.5 Å². The van der Waals surface area contributed by atoms with Gasteiger partial charge in [-0.05, 0) is 32.0 Å². The van der Waals surface area contributed by atoms with Crippen LogP contribution < -0.4 is 11.1 Å². The molecular formula is C12H18N8. The van der Waals surface area contributed by atoms with Gasteiger partial charge >= 0.3 is 0 Å². The molecule has 0 aromatic carbocycles. The number of nitrogen functional groups attached to an aromatic ring is 1. The van der Waals surface area contributed by atoms with Gasteiger partial charge in [0.15, 0.2) is 0 Å². The van der Waals surface area contributed by atoms with E-state index in [2.05, 4.69) is 37.3 Å². The number of nitrogens with zero attached hydrogens (tertiary/aromatic N) is 6. The summed E-state index contributed by atoms with van der Waals surface area (Å²) in [6.45, 7) is 3.08. The number of nitrogens with one attached hydrogen (secondary N) is 1. The van der Waals surface area contributed by atoms with Crippen LogP contribution in [0.25, 0.3) is 5.95 Å². The Balaban J connectivity index is 1.70. The number of rotatable bonds is 4. The van der Waals surface area contributed by atoms with Crippen LogP contribution in [0.1, 0.15) is 6.42 Å². The Kier molecular flexibility index (Phi) is 3.46. The third kappa shape index (κ3) is 2.85. The van der Waals surface area contributed by atoms with Crippen LogP contribution in [-0.2, 0) is 0 Å². The molecule has 1 unspecified atom stereocenters. The maximum Gasteiger partial charge on any atom is 0.257 e. The average molecular weight is 274 g/mol. The summed E-state index contributed by atoms with van der Waals surface area (Å²) in [5.74, 6) is 1.73. The molecule has 106 valence electrons. The number of nitrogens with two attached hydrogens (primary N) is 1. The predicted molar refractivity (Wildman–Crippen MR) is 75.5 cm³/mol. The third-order valence-electron chi connectivity index (χ3n) is 3.39. The van der Waals surface area contributed by atoms with E-state index < -0.39 is 0 Å². The predicted octanol–water partition coefficient (Wildman–Crippen LogP) is 0.00310. The second kappa shape index (κ2) is 5.41. The molecule has 3 N–H and O–H groups in total. The summed E-state index contributed by atoms with van der Waals surface area (Å²) in [7, 11) is 2.14. The van der Waals surface area contributed by atoms with Crippen molar-refractivity contribution in [3.8, 4) is 5.95 Å². The van der Waals surface area contributed by atoms with Gasteiger partial charge in [-0.25, -0.2) is 4.68 Å². The van der Waals surface area contributed by atoms with E-state index in [4.69, 9.17) is 5.73 Å². The highest BCUT2D eigenvalue weighted by molar-refractivity contribution is 5.34. The first-order valence-corrected chi connectivity index (χ1v) is 6.64. The highest BCUT2D eigenvalue weighted by Gasteiger charge is 2.19. The molecule has 1 aliphatic heterocycles. The van der Waals surface area contributed by atoms with E-state index in [1.54, 1.807) is 23.1 Å². The van der Waals surface area contributed by atoms with E-state index >= 15 is 0 Å². The number of hydrogen-bond acceptors (Lipinski definition) is 7. The van der Waals surface area contributed by atoms with Crippen molar-refractivity contribution in [3.63, 3.8) is 0 Å². The smallest absolute Gasteiger partial charge is 0.257 e. The summed E-state index contributed by atoms with van der Waals surface area (Å²) in [4.78, 5) is 14.8. The van der Waals surface area contributed by atoms with Crippen LogP contribution in [0.5, 0.6) is 0 Å². The second-order valence-electron chi connectivity index (χ2n) is 5.07. The molecule has 0 spiro atoms. The molecule has 1 fully saturated rings. The molecule has 3 rings (SSSR count). The zero-order valence-corrected chi connectivity index (χ0v) is 11.4. The Morgan fingerprint density at radius 3 is 3.00 bits per heavy atom. The van der Waals surface area contributed by atoms with Crippen LogP contribution in [0.2, 0.25) is 0 Å². The number of likely N-dealkylation sites (tertiary alicyclic amines) is 1. The Labute approximate surface area is 117 Å². The molecule has 2 aromatic heterocycles. The maximum atomic E-state index is 5.72. The van der Waals surface area contributed by atoms with Crippen molar-refractivity contribution in [3.05, 3.63) is 18.5 Å².